The molecule has 0 saturated carbocycles. The van der Waals surface area contributed by atoms with Gasteiger partial charge >= 0.3 is 0 Å². The number of nitrogens with zero attached hydrogens (tertiary/aromatic N) is 1. The zero-order chi connectivity index (χ0) is 10.7. The molecule has 0 aliphatic carbocycles. The van der Waals surface area contributed by atoms with Gasteiger partial charge in [0.05, 0.1) is 0 Å². The average molecular weight is 201 g/mol. The summed E-state index contributed by atoms with van der Waals surface area (Å²) in [5, 5.41) is 3.09. The highest BCUT2D eigenvalue weighted by atomic mass is 14.9. The maximum Gasteiger partial charge on any atom is 0.137 e. The van der Waals surface area contributed by atoms with Gasteiger partial charge in [0, 0.05) is 24.0 Å². The minimum absolute atomic E-state index is 0.818. The van der Waals surface area contributed by atoms with Gasteiger partial charge in [0.2, 0.25) is 0 Å². The number of hydrogen-bond acceptors (Lipinski definition) is 2. The van der Waals surface area contributed by atoms with Crippen LogP contribution in [0.3, 0.4) is 0 Å². The molecule has 0 radical (unpaired) electrons. The maximum absolute atomic E-state index is 4.35. The Morgan fingerprint density at radius 2 is 2.27 bits per heavy atom. The van der Waals surface area contributed by atoms with Crippen LogP contribution >= 0.6 is 0 Å². The van der Waals surface area contributed by atoms with Crippen molar-refractivity contribution < 1.29 is 0 Å². The van der Waals surface area contributed by atoms with Gasteiger partial charge in [-0.1, -0.05) is 23.8 Å². The van der Waals surface area contributed by atoms with Crippen molar-refractivity contribution in [2.75, 3.05) is 7.05 Å². The lowest BCUT2D eigenvalue weighted by Gasteiger charge is -1.98. The van der Waals surface area contributed by atoms with E-state index in [-0.39, 0.29) is 0 Å². The van der Waals surface area contributed by atoms with E-state index >= 15 is 0 Å². The third-order valence-electron chi connectivity index (χ3n) is 2.29. The third kappa shape index (κ3) is 2.25. The molecule has 15 heavy (non-hydrogen) atoms. The molecule has 78 valence electrons. The Balaban J connectivity index is 2.29. The fourth-order valence-electron chi connectivity index (χ4n) is 1.58. The highest BCUT2D eigenvalue weighted by Gasteiger charge is 2.02. The first kappa shape index (κ1) is 9.93. The minimum Gasteiger partial charge on any atom is -0.341 e. The van der Waals surface area contributed by atoms with Crippen molar-refractivity contribution in [1.29, 1.82) is 0 Å². The summed E-state index contributed by atoms with van der Waals surface area (Å²) in [6.07, 6.45) is 1.87. The van der Waals surface area contributed by atoms with Gasteiger partial charge in [0.15, 0.2) is 0 Å². The Morgan fingerprint density at radius 3 is 3.00 bits per heavy atom. The molecule has 0 bridgehead atoms. The number of aromatic amines is 1. The Labute approximate surface area is 89.6 Å². The van der Waals surface area contributed by atoms with Gasteiger partial charge in [-0.15, -0.1) is 0 Å². The van der Waals surface area contributed by atoms with Gasteiger partial charge in [-0.3, -0.25) is 0 Å². The third-order valence-corrected chi connectivity index (χ3v) is 2.29. The summed E-state index contributed by atoms with van der Waals surface area (Å²) in [4.78, 5) is 7.63. The van der Waals surface area contributed by atoms with Crippen molar-refractivity contribution in [3.05, 3.63) is 41.7 Å². The Hall–Kier alpha value is -1.61. The number of nitrogens with one attached hydrogen (secondary N) is 2. The van der Waals surface area contributed by atoms with Crippen LogP contribution in [0.4, 0.5) is 0 Å². The van der Waals surface area contributed by atoms with E-state index in [1.807, 2.05) is 19.3 Å². The van der Waals surface area contributed by atoms with Crippen molar-refractivity contribution in [2.45, 2.75) is 13.5 Å². The number of H-pyrrole nitrogens is 1. The quantitative estimate of drug-likeness (QED) is 0.798. The lowest BCUT2D eigenvalue weighted by Crippen LogP contribution is -2.04. The second-order valence-electron chi connectivity index (χ2n) is 3.66. The van der Waals surface area contributed by atoms with Gasteiger partial charge in [-0.05, 0) is 20.0 Å². The van der Waals surface area contributed by atoms with E-state index in [1.54, 1.807) is 0 Å². The predicted octanol–water partition coefficient (Wildman–Crippen LogP) is 2.10. The number of imidazole rings is 1. The maximum atomic E-state index is 4.35. The van der Waals surface area contributed by atoms with E-state index in [1.165, 1.54) is 5.56 Å². The van der Waals surface area contributed by atoms with Crippen molar-refractivity contribution in [1.82, 2.24) is 15.3 Å². The molecule has 0 unspecified atom stereocenters. The fourth-order valence-corrected chi connectivity index (χ4v) is 1.58. The molecular formula is C12H15N3. The number of aryl methyl sites for hydroxylation is 1. The molecule has 2 rings (SSSR count). The highest BCUT2D eigenvalue weighted by molar-refractivity contribution is 5.56. The van der Waals surface area contributed by atoms with Gasteiger partial charge < -0.3 is 10.3 Å². The lowest BCUT2D eigenvalue weighted by molar-refractivity contribution is 0.797. The molecule has 0 fully saturated rings. The molecule has 1 aromatic heterocycles. The standard InChI is InChI=1S/C12H15N3/c1-9-4-3-5-10(6-9)12-14-8-11(15-12)7-13-2/h3-6,8,13H,7H2,1-2H3,(H,14,15). The van der Waals surface area contributed by atoms with Crippen LogP contribution < -0.4 is 5.32 Å². The van der Waals surface area contributed by atoms with Gasteiger partial charge in [-0.2, -0.15) is 0 Å². The van der Waals surface area contributed by atoms with Gasteiger partial charge in [-0.25, -0.2) is 4.98 Å². The van der Waals surface area contributed by atoms with Crippen LogP contribution in [0.1, 0.15) is 11.3 Å². The molecule has 2 N–H and O–H groups in total. The molecule has 1 heterocycles. The van der Waals surface area contributed by atoms with Crippen molar-refractivity contribution >= 4 is 0 Å². The van der Waals surface area contributed by atoms with E-state index in [9.17, 15) is 0 Å². The van der Waals surface area contributed by atoms with Crippen molar-refractivity contribution in [3.8, 4) is 11.4 Å². The summed E-state index contributed by atoms with van der Waals surface area (Å²) in [5.74, 6) is 0.934. The number of hydrogen-bond donors (Lipinski definition) is 2. The molecule has 3 nitrogen and oxygen atoms in total. The predicted molar refractivity (Wildman–Crippen MR) is 61.5 cm³/mol. The summed E-state index contributed by atoms with van der Waals surface area (Å²) in [5.41, 5.74) is 3.49. The van der Waals surface area contributed by atoms with Crippen LogP contribution in [-0.4, -0.2) is 17.0 Å². The van der Waals surface area contributed by atoms with E-state index in [2.05, 4.69) is 40.4 Å². The molecule has 0 aliphatic heterocycles. The topological polar surface area (TPSA) is 40.7 Å². The summed E-state index contributed by atoms with van der Waals surface area (Å²) in [7, 11) is 1.92. The lowest BCUT2D eigenvalue weighted by atomic mass is 10.1. The van der Waals surface area contributed by atoms with Crippen LogP contribution in [0.25, 0.3) is 11.4 Å². The summed E-state index contributed by atoms with van der Waals surface area (Å²) < 4.78 is 0. The van der Waals surface area contributed by atoms with Crippen LogP contribution in [0, 0.1) is 6.92 Å². The monoisotopic (exact) mass is 201 g/mol. The zero-order valence-electron chi connectivity index (χ0n) is 9.04. The van der Waals surface area contributed by atoms with Crippen LogP contribution in [0.15, 0.2) is 30.5 Å². The average Bonchev–Trinajstić information content (AvgIpc) is 2.67. The van der Waals surface area contributed by atoms with E-state index in [0.717, 1.165) is 23.6 Å². The molecular weight excluding hydrogens is 186 g/mol. The minimum atomic E-state index is 0.818. The Morgan fingerprint density at radius 1 is 1.40 bits per heavy atom. The Bertz CT molecular complexity index is 446. The first-order chi connectivity index (χ1) is 7.29. The van der Waals surface area contributed by atoms with Crippen LogP contribution in [-0.2, 0) is 6.54 Å². The Kier molecular flexibility index (Phi) is 2.83. The first-order valence-electron chi connectivity index (χ1n) is 5.05. The normalized spacial score (nSPS) is 10.5. The molecule has 1 aromatic carbocycles. The second-order valence-corrected chi connectivity index (χ2v) is 3.66. The van der Waals surface area contributed by atoms with Crippen LogP contribution in [0.2, 0.25) is 0 Å². The highest BCUT2D eigenvalue weighted by Crippen LogP contribution is 2.16. The van der Waals surface area contributed by atoms with E-state index in [0.29, 0.717) is 0 Å². The molecule has 0 spiro atoms. The summed E-state index contributed by atoms with van der Waals surface area (Å²) >= 11 is 0. The first-order valence-corrected chi connectivity index (χ1v) is 5.05. The molecule has 0 saturated heterocycles. The second kappa shape index (κ2) is 4.28. The molecule has 0 amide bonds. The smallest absolute Gasteiger partial charge is 0.137 e. The number of aromatic nitrogens is 2. The van der Waals surface area contributed by atoms with E-state index < -0.39 is 0 Å². The van der Waals surface area contributed by atoms with Crippen molar-refractivity contribution in [2.24, 2.45) is 0 Å². The molecule has 3 heteroatoms. The molecule has 0 aliphatic rings. The molecule has 2 aromatic rings. The van der Waals surface area contributed by atoms with Gasteiger partial charge in [0.25, 0.3) is 0 Å². The zero-order valence-corrected chi connectivity index (χ0v) is 9.04. The summed E-state index contributed by atoms with van der Waals surface area (Å²) in [6.45, 7) is 2.90. The largest absolute Gasteiger partial charge is 0.341 e. The SMILES string of the molecule is CNCc1cnc(-c2cccc(C)c2)[nH]1. The number of rotatable bonds is 3. The van der Waals surface area contributed by atoms with Crippen molar-refractivity contribution in [3.63, 3.8) is 0 Å². The number of benzene rings is 1. The van der Waals surface area contributed by atoms with Gasteiger partial charge in [0.1, 0.15) is 5.82 Å². The van der Waals surface area contributed by atoms with E-state index in [4.69, 9.17) is 0 Å². The fraction of sp³-hybridized carbons (Fsp3) is 0.250. The summed E-state index contributed by atoms with van der Waals surface area (Å²) in [6, 6.07) is 8.32. The van der Waals surface area contributed by atoms with Crippen LogP contribution in [0.5, 0.6) is 0 Å². The molecule has 0 atom stereocenters.